The number of aryl methyl sites for hydroxylation is 1. The zero-order valence-corrected chi connectivity index (χ0v) is 18.0. The van der Waals surface area contributed by atoms with Crippen molar-refractivity contribution in [2.45, 2.75) is 20.0 Å². The van der Waals surface area contributed by atoms with E-state index in [1.807, 2.05) is 36.6 Å². The van der Waals surface area contributed by atoms with Gasteiger partial charge in [0, 0.05) is 28.5 Å². The first-order chi connectivity index (χ1) is 14.9. The number of hydrogen-bond donors (Lipinski definition) is 1. The molecule has 1 N–H and O–H groups in total. The van der Waals surface area contributed by atoms with E-state index < -0.39 is 11.7 Å². The normalized spacial score (nSPS) is 11.8. The van der Waals surface area contributed by atoms with Crippen LogP contribution < -0.4 is 20.4 Å². The highest BCUT2D eigenvalue weighted by molar-refractivity contribution is 7.14. The van der Waals surface area contributed by atoms with Crippen LogP contribution in [0, 0.1) is 6.92 Å². The Morgan fingerprint density at radius 3 is 2.81 bits per heavy atom. The molecule has 0 unspecified atom stereocenters. The molecule has 0 saturated carbocycles. The van der Waals surface area contributed by atoms with Crippen molar-refractivity contribution in [1.29, 1.82) is 0 Å². The summed E-state index contributed by atoms with van der Waals surface area (Å²) in [6.07, 6.45) is -0.779. The summed E-state index contributed by atoms with van der Waals surface area (Å²) in [5.41, 5.74) is 2.45. The molecule has 0 aliphatic carbocycles. The lowest BCUT2D eigenvalue weighted by atomic mass is 10.1. The molecule has 158 valence electrons. The van der Waals surface area contributed by atoms with Gasteiger partial charge in [0.15, 0.2) is 11.2 Å². The van der Waals surface area contributed by atoms with Gasteiger partial charge in [0.05, 0.1) is 12.8 Å². The maximum Gasteiger partial charge on any atom is 0.336 e. The Hall–Kier alpha value is -3.65. The predicted molar refractivity (Wildman–Crippen MR) is 120 cm³/mol. The summed E-state index contributed by atoms with van der Waals surface area (Å²) < 4.78 is 16.2. The number of carbonyl (C=O) groups is 1. The number of ether oxygens (including phenoxy) is 2. The van der Waals surface area contributed by atoms with Crippen LogP contribution in [0.3, 0.4) is 0 Å². The van der Waals surface area contributed by atoms with E-state index in [0.717, 1.165) is 28.0 Å². The average molecular weight is 436 g/mol. The smallest absolute Gasteiger partial charge is 0.336 e. The first kappa shape index (κ1) is 20.6. The van der Waals surface area contributed by atoms with Gasteiger partial charge in [-0.05, 0) is 43.7 Å². The van der Waals surface area contributed by atoms with Gasteiger partial charge in [-0.2, -0.15) is 0 Å². The number of hydrogen-bond acceptors (Lipinski definition) is 7. The van der Waals surface area contributed by atoms with Gasteiger partial charge in [0.2, 0.25) is 0 Å². The van der Waals surface area contributed by atoms with Crippen LogP contribution >= 0.6 is 11.3 Å². The monoisotopic (exact) mass is 436 g/mol. The number of methoxy groups -OCH3 is 1. The largest absolute Gasteiger partial charge is 0.497 e. The molecule has 4 rings (SSSR count). The fourth-order valence-corrected chi connectivity index (χ4v) is 3.81. The van der Waals surface area contributed by atoms with E-state index in [0.29, 0.717) is 16.5 Å². The van der Waals surface area contributed by atoms with Crippen LogP contribution in [0.2, 0.25) is 0 Å². The number of aromatic nitrogens is 1. The number of rotatable bonds is 6. The lowest BCUT2D eigenvalue weighted by molar-refractivity contribution is -0.122. The van der Waals surface area contributed by atoms with Gasteiger partial charge < -0.3 is 13.9 Å². The zero-order valence-electron chi connectivity index (χ0n) is 17.2. The summed E-state index contributed by atoms with van der Waals surface area (Å²) in [7, 11) is 1.61. The third-order valence-electron chi connectivity index (χ3n) is 4.70. The molecule has 4 aromatic rings. The number of nitrogens with one attached hydrogen (secondary N) is 1. The number of carbonyl (C=O) groups excluding carboxylic acids is 1. The van der Waals surface area contributed by atoms with E-state index in [4.69, 9.17) is 13.9 Å². The molecule has 7 nitrogen and oxygen atoms in total. The molecular weight excluding hydrogens is 416 g/mol. The Labute approximate surface area is 182 Å². The predicted octanol–water partition coefficient (Wildman–Crippen LogP) is 4.64. The molecule has 2 aromatic heterocycles. The molecule has 0 radical (unpaired) electrons. The van der Waals surface area contributed by atoms with E-state index in [-0.39, 0.29) is 5.91 Å². The molecular formula is C23H20N2O5S. The van der Waals surface area contributed by atoms with Crippen molar-refractivity contribution >= 4 is 33.3 Å². The van der Waals surface area contributed by atoms with Gasteiger partial charge in [0.25, 0.3) is 5.91 Å². The van der Waals surface area contributed by atoms with Crippen LogP contribution in [0.1, 0.15) is 12.5 Å². The molecule has 0 bridgehead atoms. The topological polar surface area (TPSA) is 90.7 Å². The van der Waals surface area contributed by atoms with Crippen molar-refractivity contribution in [3.05, 3.63) is 69.9 Å². The third-order valence-corrected chi connectivity index (χ3v) is 5.46. The molecule has 2 heterocycles. The van der Waals surface area contributed by atoms with E-state index in [9.17, 15) is 9.59 Å². The molecule has 0 aliphatic heterocycles. The first-order valence-corrected chi connectivity index (χ1v) is 10.4. The van der Waals surface area contributed by atoms with Gasteiger partial charge in [-0.15, -0.1) is 11.3 Å². The summed E-state index contributed by atoms with van der Waals surface area (Å²) >= 11 is 1.33. The highest BCUT2D eigenvalue weighted by atomic mass is 32.1. The van der Waals surface area contributed by atoms with Crippen molar-refractivity contribution in [2.75, 3.05) is 12.4 Å². The number of anilines is 1. The number of nitrogens with zero attached hydrogens (tertiary/aromatic N) is 1. The molecule has 8 heteroatoms. The van der Waals surface area contributed by atoms with Crippen LogP contribution in [0.4, 0.5) is 5.13 Å². The Bertz CT molecular complexity index is 1310. The molecule has 0 fully saturated rings. The van der Waals surface area contributed by atoms with Gasteiger partial charge in [0.1, 0.15) is 17.1 Å². The second-order valence-electron chi connectivity index (χ2n) is 6.93. The van der Waals surface area contributed by atoms with Crippen LogP contribution in [-0.2, 0) is 4.79 Å². The number of fused-ring (bicyclic) bond motifs is 1. The Balaban J connectivity index is 1.45. The minimum Gasteiger partial charge on any atom is -0.497 e. The maximum absolute atomic E-state index is 12.6. The fraction of sp³-hybridized carbons (Fsp3) is 0.174. The Morgan fingerprint density at radius 2 is 2.00 bits per heavy atom. The third kappa shape index (κ3) is 4.59. The molecule has 31 heavy (non-hydrogen) atoms. The Morgan fingerprint density at radius 1 is 1.16 bits per heavy atom. The minimum atomic E-state index is -0.779. The zero-order chi connectivity index (χ0) is 22.0. The highest BCUT2D eigenvalue weighted by Gasteiger charge is 2.17. The lowest BCUT2D eigenvalue weighted by Crippen LogP contribution is -2.30. The second-order valence-corrected chi connectivity index (χ2v) is 7.78. The molecule has 1 atom stereocenters. The fourth-order valence-electron chi connectivity index (χ4n) is 3.09. The van der Waals surface area contributed by atoms with Gasteiger partial charge in [-0.1, -0.05) is 12.1 Å². The summed E-state index contributed by atoms with van der Waals surface area (Å²) in [5, 5.41) is 5.93. The van der Waals surface area contributed by atoms with Crippen molar-refractivity contribution in [2.24, 2.45) is 0 Å². The van der Waals surface area contributed by atoms with E-state index in [2.05, 4.69) is 10.3 Å². The first-order valence-electron chi connectivity index (χ1n) is 9.55. The van der Waals surface area contributed by atoms with Gasteiger partial charge >= 0.3 is 5.63 Å². The van der Waals surface area contributed by atoms with Crippen LogP contribution in [0.25, 0.3) is 22.2 Å². The van der Waals surface area contributed by atoms with Crippen molar-refractivity contribution in [1.82, 2.24) is 4.98 Å². The van der Waals surface area contributed by atoms with Crippen molar-refractivity contribution < 1.29 is 18.7 Å². The molecule has 2 aromatic carbocycles. The number of thiazole rings is 1. The molecule has 1 amide bonds. The summed E-state index contributed by atoms with van der Waals surface area (Å²) in [5.74, 6) is 0.831. The molecule has 0 spiro atoms. The van der Waals surface area contributed by atoms with Crippen molar-refractivity contribution in [3.63, 3.8) is 0 Å². The Kier molecular flexibility index (Phi) is 5.73. The average Bonchev–Trinajstić information content (AvgIpc) is 3.22. The van der Waals surface area contributed by atoms with E-state index in [1.54, 1.807) is 32.2 Å². The minimum absolute atomic E-state index is 0.336. The molecule has 0 aliphatic rings. The summed E-state index contributed by atoms with van der Waals surface area (Å²) in [6, 6.07) is 14.1. The molecule has 0 saturated heterocycles. The van der Waals surface area contributed by atoms with Gasteiger partial charge in [-0.25, -0.2) is 9.78 Å². The number of benzene rings is 2. The number of amides is 1. The summed E-state index contributed by atoms with van der Waals surface area (Å²) in [6.45, 7) is 3.48. The van der Waals surface area contributed by atoms with Crippen LogP contribution in [0.15, 0.2) is 63.1 Å². The highest BCUT2D eigenvalue weighted by Crippen LogP contribution is 2.28. The standard InChI is InChI=1S/C23H20N2O5S/c1-13-9-21(26)30-20-11-17(7-8-18(13)20)29-14(2)22(27)25-23-24-19(12-31-23)15-5-4-6-16(10-15)28-3/h4-12,14H,1-3H3,(H,24,25,27)/t14-/m1/s1. The SMILES string of the molecule is COc1cccc(-c2csc(NC(=O)[C@@H](C)Oc3ccc4c(C)cc(=O)oc4c3)n2)c1. The van der Waals surface area contributed by atoms with Crippen LogP contribution in [-0.4, -0.2) is 24.1 Å². The van der Waals surface area contributed by atoms with Crippen LogP contribution in [0.5, 0.6) is 11.5 Å². The quantitative estimate of drug-likeness (QED) is 0.443. The van der Waals surface area contributed by atoms with E-state index >= 15 is 0 Å². The maximum atomic E-state index is 12.6. The second kappa shape index (κ2) is 8.61. The lowest BCUT2D eigenvalue weighted by Gasteiger charge is -2.14. The van der Waals surface area contributed by atoms with Gasteiger partial charge in [-0.3, -0.25) is 10.1 Å². The summed E-state index contributed by atoms with van der Waals surface area (Å²) in [4.78, 5) is 28.6. The van der Waals surface area contributed by atoms with Crippen molar-refractivity contribution in [3.8, 4) is 22.8 Å². The van der Waals surface area contributed by atoms with E-state index in [1.165, 1.54) is 17.4 Å².